The van der Waals surface area contributed by atoms with Gasteiger partial charge in [0.2, 0.25) is 10.0 Å². The number of ether oxygens (including phenoxy) is 1. The predicted molar refractivity (Wildman–Crippen MR) is 124 cm³/mol. The van der Waals surface area contributed by atoms with Gasteiger partial charge in [-0.15, -0.1) is 0 Å². The molecule has 2 fully saturated rings. The van der Waals surface area contributed by atoms with Gasteiger partial charge >= 0.3 is 6.03 Å². The number of hydrogen-bond donors (Lipinski definition) is 0. The third kappa shape index (κ3) is 4.77. The number of urea groups is 1. The summed E-state index contributed by atoms with van der Waals surface area (Å²) in [5, 5.41) is 0. The Morgan fingerprint density at radius 1 is 0.818 bits per heavy atom. The zero-order valence-corrected chi connectivity index (χ0v) is 19.5. The van der Waals surface area contributed by atoms with Crippen LogP contribution in [0.15, 0.2) is 53.4 Å². The van der Waals surface area contributed by atoms with Gasteiger partial charge in [0.15, 0.2) is 0 Å². The second-order valence-corrected chi connectivity index (χ2v) is 10.8. The van der Waals surface area contributed by atoms with E-state index >= 15 is 0 Å². The number of morpholine rings is 1. The van der Waals surface area contributed by atoms with Crippen molar-refractivity contribution in [3.8, 4) is 0 Å². The molecule has 0 atom stereocenters. The summed E-state index contributed by atoms with van der Waals surface area (Å²) < 4.78 is 33.4. The third-order valence-corrected chi connectivity index (χ3v) is 8.47. The first-order valence-electron chi connectivity index (χ1n) is 11.5. The normalized spacial score (nSPS) is 20.1. The molecule has 0 aliphatic carbocycles. The Hall–Kier alpha value is -2.46. The van der Waals surface area contributed by atoms with E-state index in [2.05, 4.69) is 4.90 Å². The molecule has 2 aromatic rings. The number of hydrogen-bond acceptors (Lipinski definition) is 5. The average molecular weight is 471 g/mol. The summed E-state index contributed by atoms with van der Waals surface area (Å²) >= 11 is 0. The lowest BCUT2D eigenvalue weighted by Gasteiger charge is -2.38. The minimum Gasteiger partial charge on any atom is -0.378 e. The minimum absolute atomic E-state index is 0.0950. The Labute approximate surface area is 195 Å². The third-order valence-electron chi connectivity index (χ3n) is 6.68. The summed E-state index contributed by atoms with van der Waals surface area (Å²) in [5.41, 5.74) is 3.11. The average Bonchev–Trinajstić information content (AvgIpc) is 3.30. The maximum Gasteiger partial charge on any atom is 0.320 e. The first-order valence-corrected chi connectivity index (χ1v) is 12.9. The van der Waals surface area contributed by atoms with Gasteiger partial charge in [-0.05, 0) is 28.8 Å². The predicted octanol–water partition coefficient (Wildman–Crippen LogP) is 1.96. The van der Waals surface area contributed by atoms with Crippen LogP contribution in [0.5, 0.6) is 0 Å². The van der Waals surface area contributed by atoms with Crippen LogP contribution in [-0.4, -0.2) is 85.9 Å². The van der Waals surface area contributed by atoms with E-state index in [0.29, 0.717) is 63.9 Å². The zero-order chi connectivity index (χ0) is 22.8. The summed E-state index contributed by atoms with van der Waals surface area (Å²) in [5.74, 6) is 0. The van der Waals surface area contributed by atoms with Gasteiger partial charge in [0.05, 0.1) is 18.1 Å². The van der Waals surface area contributed by atoms with E-state index in [4.69, 9.17) is 4.74 Å². The summed E-state index contributed by atoms with van der Waals surface area (Å²) in [6, 6.07) is 15.2. The van der Waals surface area contributed by atoms with E-state index < -0.39 is 10.0 Å². The second kappa shape index (κ2) is 9.42. The molecular weight excluding hydrogens is 440 g/mol. The number of amides is 2. The van der Waals surface area contributed by atoms with Crippen molar-refractivity contribution in [3.63, 3.8) is 0 Å². The molecule has 0 radical (unpaired) electrons. The minimum atomic E-state index is -3.56. The van der Waals surface area contributed by atoms with Crippen molar-refractivity contribution in [1.82, 2.24) is 19.0 Å². The lowest BCUT2D eigenvalue weighted by Crippen LogP contribution is -2.54. The molecule has 3 aliphatic heterocycles. The van der Waals surface area contributed by atoms with Gasteiger partial charge in [-0.25, -0.2) is 13.2 Å². The maximum atomic E-state index is 13.3. The standard InChI is InChI=1S/C24H30N4O4S/c29-24(27-12-14-32-15-13-27)26-10-8-25(9-11-26)17-20-4-3-7-23(16-20)33(30,31)28-18-21-5-1-2-6-22(21)19-28/h1-7,16H,8-15,17-19H2. The van der Waals surface area contributed by atoms with Crippen molar-refractivity contribution in [2.45, 2.75) is 24.5 Å². The van der Waals surface area contributed by atoms with Gasteiger partial charge in [-0.3, -0.25) is 4.90 Å². The van der Waals surface area contributed by atoms with Gasteiger partial charge in [-0.1, -0.05) is 36.4 Å². The highest BCUT2D eigenvalue weighted by molar-refractivity contribution is 7.89. The van der Waals surface area contributed by atoms with E-state index in [-0.39, 0.29) is 6.03 Å². The van der Waals surface area contributed by atoms with Crippen molar-refractivity contribution < 1.29 is 17.9 Å². The molecule has 0 saturated carbocycles. The monoisotopic (exact) mass is 470 g/mol. The number of sulfonamides is 1. The zero-order valence-electron chi connectivity index (χ0n) is 18.7. The Morgan fingerprint density at radius 3 is 2.12 bits per heavy atom. The second-order valence-electron chi connectivity index (χ2n) is 8.83. The van der Waals surface area contributed by atoms with E-state index in [1.165, 1.54) is 0 Å². The fraction of sp³-hybridized carbons (Fsp3) is 0.458. The summed E-state index contributed by atoms with van der Waals surface area (Å²) in [4.78, 5) is 19.1. The molecule has 0 aromatic heterocycles. The molecule has 8 nitrogen and oxygen atoms in total. The van der Waals surface area contributed by atoms with Crippen LogP contribution in [0.2, 0.25) is 0 Å². The van der Waals surface area contributed by atoms with Gasteiger partial charge in [-0.2, -0.15) is 4.31 Å². The van der Waals surface area contributed by atoms with Crippen LogP contribution in [0.4, 0.5) is 4.79 Å². The number of nitrogens with zero attached hydrogens (tertiary/aromatic N) is 4. The first kappa shape index (κ1) is 22.3. The van der Waals surface area contributed by atoms with Crippen molar-refractivity contribution >= 4 is 16.1 Å². The molecule has 0 spiro atoms. The highest BCUT2D eigenvalue weighted by atomic mass is 32.2. The molecule has 33 heavy (non-hydrogen) atoms. The molecule has 0 bridgehead atoms. The molecule has 2 amide bonds. The van der Waals surface area contributed by atoms with Crippen LogP contribution in [0, 0.1) is 0 Å². The van der Waals surface area contributed by atoms with Crippen LogP contribution >= 0.6 is 0 Å². The van der Waals surface area contributed by atoms with Gasteiger partial charge in [0.25, 0.3) is 0 Å². The van der Waals surface area contributed by atoms with Crippen molar-refractivity contribution in [3.05, 3.63) is 65.2 Å². The molecule has 2 saturated heterocycles. The summed E-state index contributed by atoms with van der Waals surface area (Å²) in [6.07, 6.45) is 0. The van der Waals surface area contributed by atoms with Crippen LogP contribution in [0.3, 0.4) is 0 Å². The number of carbonyl (C=O) groups excluding carboxylic acids is 1. The Kier molecular flexibility index (Phi) is 6.38. The highest BCUT2D eigenvalue weighted by Gasteiger charge is 2.31. The molecule has 3 aliphatic rings. The summed E-state index contributed by atoms with van der Waals surface area (Å²) in [6.45, 7) is 6.93. The number of fused-ring (bicyclic) bond motifs is 1. The largest absolute Gasteiger partial charge is 0.378 e. The Balaban J connectivity index is 1.19. The topological polar surface area (TPSA) is 73.4 Å². The van der Waals surface area contributed by atoms with E-state index in [0.717, 1.165) is 29.8 Å². The van der Waals surface area contributed by atoms with Gasteiger partial charge in [0.1, 0.15) is 0 Å². The van der Waals surface area contributed by atoms with Crippen molar-refractivity contribution in [1.29, 1.82) is 0 Å². The van der Waals surface area contributed by atoms with Crippen LogP contribution < -0.4 is 0 Å². The highest BCUT2D eigenvalue weighted by Crippen LogP contribution is 2.29. The molecule has 0 N–H and O–H groups in total. The van der Waals surface area contributed by atoms with E-state index in [1.807, 2.05) is 46.2 Å². The molecule has 176 valence electrons. The first-order chi connectivity index (χ1) is 16.0. The lowest BCUT2D eigenvalue weighted by molar-refractivity contribution is 0.0373. The SMILES string of the molecule is O=C(N1CCOCC1)N1CCN(Cc2cccc(S(=O)(=O)N3Cc4ccccc4C3)c2)CC1. The van der Waals surface area contributed by atoms with Crippen LogP contribution in [-0.2, 0) is 34.4 Å². The number of piperazine rings is 1. The molecular formula is C24H30N4O4S. The maximum absolute atomic E-state index is 13.3. The van der Waals surface area contributed by atoms with Crippen LogP contribution in [0.1, 0.15) is 16.7 Å². The smallest absolute Gasteiger partial charge is 0.320 e. The van der Waals surface area contributed by atoms with Crippen molar-refractivity contribution in [2.24, 2.45) is 0 Å². The molecule has 2 aromatic carbocycles. The van der Waals surface area contributed by atoms with E-state index in [1.54, 1.807) is 16.4 Å². The van der Waals surface area contributed by atoms with Crippen molar-refractivity contribution in [2.75, 3.05) is 52.5 Å². The fourth-order valence-electron chi connectivity index (χ4n) is 4.74. The van der Waals surface area contributed by atoms with Crippen LogP contribution in [0.25, 0.3) is 0 Å². The molecule has 9 heteroatoms. The lowest BCUT2D eigenvalue weighted by atomic mass is 10.1. The quantitative estimate of drug-likeness (QED) is 0.683. The summed E-state index contributed by atoms with van der Waals surface area (Å²) in [7, 11) is -3.56. The van der Waals surface area contributed by atoms with Gasteiger partial charge in [0, 0.05) is 58.9 Å². The number of carbonyl (C=O) groups is 1. The fourth-order valence-corrected chi connectivity index (χ4v) is 6.20. The Bertz CT molecular complexity index is 1080. The molecule has 3 heterocycles. The number of benzene rings is 2. The molecule has 5 rings (SSSR count). The number of rotatable bonds is 4. The van der Waals surface area contributed by atoms with Gasteiger partial charge < -0.3 is 14.5 Å². The van der Waals surface area contributed by atoms with E-state index in [9.17, 15) is 13.2 Å². The molecule has 0 unspecified atom stereocenters. The Morgan fingerprint density at radius 2 is 1.45 bits per heavy atom.